The predicted molar refractivity (Wildman–Crippen MR) is 299 cm³/mol. The smallest absolute Gasteiger partial charge is 0.336 e. The van der Waals surface area contributed by atoms with E-state index in [-0.39, 0.29) is 24.7 Å². The molecule has 0 saturated carbocycles. The molecule has 0 heterocycles. The molecular formula is C62H86O14. The van der Waals surface area contributed by atoms with Crippen LogP contribution in [0.5, 0.6) is 46.0 Å². The number of benzene rings is 3. The summed E-state index contributed by atoms with van der Waals surface area (Å²) in [5, 5.41) is 0. The van der Waals surface area contributed by atoms with E-state index in [9.17, 15) is 19.2 Å². The highest BCUT2D eigenvalue weighted by Gasteiger charge is 2.20. The molecule has 0 aromatic heterocycles. The summed E-state index contributed by atoms with van der Waals surface area (Å²) < 4.78 is 59.5. The van der Waals surface area contributed by atoms with Gasteiger partial charge >= 0.3 is 23.9 Å². The van der Waals surface area contributed by atoms with Gasteiger partial charge in [0.1, 0.15) is 11.5 Å². The molecule has 76 heavy (non-hydrogen) atoms. The van der Waals surface area contributed by atoms with Crippen molar-refractivity contribution < 1.29 is 66.5 Å². The van der Waals surface area contributed by atoms with Crippen LogP contribution < -0.4 is 37.9 Å². The maximum atomic E-state index is 13.2. The minimum Gasteiger partial charge on any atom is -0.490 e. The summed E-state index contributed by atoms with van der Waals surface area (Å²) >= 11 is 0. The first-order valence-electron chi connectivity index (χ1n) is 27.8. The van der Waals surface area contributed by atoms with Crippen LogP contribution in [0.15, 0.2) is 86.0 Å². The number of ether oxygens (including phenoxy) is 10. The largest absolute Gasteiger partial charge is 0.490 e. The van der Waals surface area contributed by atoms with Crippen molar-refractivity contribution in [1.29, 1.82) is 0 Å². The maximum Gasteiger partial charge on any atom is 0.336 e. The van der Waals surface area contributed by atoms with Gasteiger partial charge in [0.05, 0.1) is 52.9 Å². The molecule has 0 bridgehead atoms. The lowest BCUT2D eigenvalue weighted by Gasteiger charge is -2.19. The molecule has 0 saturated heterocycles. The Morgan fingerprint density at radius 3 is 0.987 bits per heavy atom. The highest BCUT2D eigenvalue weighted by atomic mass is 16.6. The molecule has 0 fully saturated rings. The number of carbonyl (C=O) groups is 4. The van der Waals surface area contributed by atoms with Crippen LogP contribution in [0.4, 0.5) is 0 Å². The molecule has 14 nitrogen and oxygen atoms in total. The van der Waals surface area contributed by atoms with E-state index < -0.39 is 23.9 Å². The summed E-state index contributed by atoms with van der Waals surface area (Å²) in [4.78, 5) is 49.4. The van der Waals surface area contributed by atoms with Crippen molar-refractivity contribution >= 4 is 36.0 Å². The fourth-order valence-corrected chi connectivity index (χ4v) is 7.42. The summed E-state index contributed by atoms with van der Waals surface area (Å²) in [6.45, 7) is 18.6. The van der Waals surface area contributed by atoms with Gasteiger partial charge in [0.15, 0.2) is 23.0 Å². The Bertz CT molecular complexity index is 2060. The van der Waals surface area contributed by atoms with Gasteiger partial charge < -0.3 is 47.4 Å². The standard InChI is InChI=1S/C62H86O14/c1-7-13-17-21-45-71-59-49(29-37-53(61(59)73-47-23-19-15-9-3)67-41-25-27-43-69-55(63)11-5)31-39-57(65)75-51-33-35-52(36-34-51)76-58(66)40-32-50-30-38-54(68-42-26-28-44-70-56(64)12-6)62(74-48-24-20-16-10-4)60(50)72-46-22-18-14-8-2/h11-12,29-40H,5-10,13-28,41-48H2,1-4H3. The molecule has 418 valence electrons. The van der Waals surface area contributed by atoms with Crippen LogP contribution in [0, 0.1) is 0 Å². The number of hydrogen-bond donors (Lipinski definition) is 0. The zero-order valence-electron chi connectivity index (χ0n) is 46.0. The summed E-state index contributed by atoms with van der Waals surface area (Å²) in [5.41, 5.74) is 1.24. The van der Waals surface area contributed by atoms with Gasteiger partial charge in [-0.15, -0.1) is 0 Å². The molecule has 0 aliphatic heterocycles. The first kappa shape index (κ1) is 63.6. The van der Waals surface area contributed by atoms with Crippen LogP contribution in [0.1, 0.15) is 167 Å². The molecule has 3 rings (SSSR count). The van der Waals surface area contributed by atoms with Crippen molar-refractivity contribution in [3.05, 3.63) is 97.1 Å². The molecule has 0 aliphatic carbocycles. The van der Waals surface area contributed by atoms with Gasteiger partial charge in [-0.25, -0.2) is 19.2 Å². The van der Waals surface area contributed by atoms with Crippen LogP contribution in [-0.4, -0.2) is 76.7 Å². The summed E-state index contributed by atoms with van der Waals surface area (Å²) in [5.74, 6) is 1.26. The van der Waals surface area contributed by atoms with Crippen LogP contribution in [-0.2, 0) is 28.7 Å². The second-order valence-electron chi connectivity index (χ2n) is 18.1. The van der Waals surface area contributed by atoms with Crippen molar-refractivity contribution in [3.63, 3.8) is 0 Å². The Morgan fingerprint density at radius 1 is 0.355 bits per heavy atom. The Balaban J connectivity index is 1.77. The molecule has 14 heteroatoms. The zero-order valence-corrected chi connectivity index (χ0v) is 46.0. The van der Waals surface area contributed by atoms with Gasteiger partial charge in [0, 0.05) is 35.4 Å². The van der Waals surface area contributed by atoms with Crippen molar-refractivity contribution in [2.24, 2.45) is 0 Å². The van der Waals surface area contributed by atoms with Gasteiger partial charge in [0.2, 0.25) is 11.5 Å². The van der Waals surface area contributed by atoms with Crippen molar-refractivity contribution in [2.45, 2.75) is 156 Å². The number of hydrogen-bond acceptors (Lipinski definition) is 14. The lowest BCUT2D eigenvalue weighted by molar-refractivity contribution is -0.138. The van der Waals surface area contributed by atoms with E-state index in [1.807, 2.05) is 12.1 Å². The summed E-state index contributed by atoms with van der Waals surface area (Å²) in [6.07, 6.45) is 27.0. The van der Waals surface area contributed by atoms with Gasteiger partial charge in [0.25, 0.3) is 0 Å². The second kappa shape index (κ2) is 40.6. The topological polar surface area (TPSA) is 161 Å². The predicted octanol–water partition coefficient (Wildman–Crippen LogP) is 14.5. The van der Waals surface area contributed by atoms with Gasteiger partial charge in [-0.05, 0) is 112 Å². The third-order valence-electron chi connectivity index (χ3n) is 11.7. The molecule has 3 aromatic carbocycles. The Kier molecular flexibility index (Phi) is 34.0. The number of esters is 4. The van der Waals surface area contributed by atoms with Crippen molar-refractivity contribution in [3.8, 4) is 46.0 Å². The van der Waals surface area contributed by atoms with E-state index in [0.717, 1.165) is 115 Å². The quantitative estimate of drug-likeness (QED) is 0.0228. The minimum atomic E-state index is -0.628. The average Bonchev–Trinajstić information content (AvgIpc) is 3.42. The van der Waals surface area contributed by atoms with Crippen LogP contribution in [0.25, 0.3) is 12.2 Å². The van der Waals surface area contributed by atoms with E-state index in [0.29, 0.717) is 111 Å². The molecular weight excluding hydrogens is 969 g/mol. The van der Waals surface area contributed by atoms with Gasteiger partial charge in [-0.2, -0.15) is 0 Å². The molecule has 0 amide bonds. The maximum absolute atomic E-state index is 13.2. The summed E-state index contributed by atoms with van der Waals surface area (Å²) in [7, 11) is 0. The highest BCUT2D eigenvalue weighted by Crippen LogP contribution is 2.43. The Labute approximate surface area is 453 Å². The fraction of sp³-hybridized carbons (Fsp3) is 0.516. The Morgan fingerprint density at radius 2 is 0.658 bits per heavy atom. The lowest BCUT2D eigenvalue weighted by atomic mass is 10.1. The summed E-state index contributed by atoms with van der Waals surface area (Å²) in [6, 6.07) is 13.4. The third-order valence-corrected chi connectivity index (χ3v) is 11.7. The van der Waals surface area contributed by atoms with E-state index in [1.165, 1.54) is 12.2 Å². The molecule has 0 atom stereocenters. The molecule has 0 radical (unpaired) electrons. The molecule has 0 unspecified atom stereocenters. The van der Waals surface area contributed by atoms with Crippen LogP contribution in [0.2, 0.25) is 0 Å². The highest BCUT2D eigenvalue weighted by molar-refractivity contribution is 5.90. The molecule has 0 spiro atoms. The zero-order chi connectivity index (χ0) is 54.9. The van der Waals surface area contributed by atoms with Gasteiger partial charge in [-0.3, -0.25) is 0 Å². The van der Waals surface area contributed by atoms with Crippen LogP contribution >= 0.6 is 0 Å². The van der Waals surface area contributed by atoms with E-state index in [1.54, 1.807) is 48.6 Å². The van der Waals surface area contributed by atoms with E-state index in [2.05, 4.69) is 40.9 Å². The Hall–Kier alpha value is -6.70. The fourth-order valence-electron chi connectivity index (χ4n) is 7.42. The first-order chi connectivity index (χ1) is 37.2. The first-order valence-corrected chi connectivity index (χ1v) is 27.8. The second-order valence-corrected chi connectivity index (χ2v) is 18.1. The molecule has 3 aromatic rings. The SMILES string of the molecule is C=CC(=O)OCCCCOc1ccc(C=CC(=O)Oc2ccc(OC(=O)C=Cc3ccc(OCCCCOC(=O)C=C)c(OCCCCCC)c3OCCCCCC)cc2)c(OCCCCCC)c1OCCCCCC. The third kappa shape index (κ3) is 26.7. The van der Waals surface area contributed by atoms with Crippen molar-refractivity contribution in [1.82, 2.24) is 0 Å². The monoisotopic (exact) mass is 1050 g/mol. The van der Waals surface area contributed by atoms with E-state index in [4.69, 9.17) is 47.4 Å². The number of carbonyl (C=O) groups excluding carboxylic acids is 4. The number of unbranched alkanes of at least 4 members (excludes halogenated alkanes) is 14. The molecule has 0 aliphatic rings. The van der Waals surface area contributed by atoms with Crippen molar-refractivity contribution in [2.75, 3.05) is 52.9 Å². The van der Waals surface area contributed by atoms with Gasteiger partial charge in [-0.1, -0.05) is 118 Å². The van der Waals surface area contributed by atoms with E-state index >= 15 is 0 Å². The number of rotatable bonds is 44. The lowest BCUT2D eigenvalue weighted by Crippen LogP contribution is -2.08. The normalized spacial score (nSPS) is 11.0. The average molecular weight is 1060 g/mol. The van der Waals surface area contributed by atoms with Crippen LogP contribution in [0.3, 0.4) is 0 Å². The minimum absolute atomic E-state index is 0.248. The molecule has 0 N–H and O–H groups in total.